The van der Waals surface area contributed by atoms with E-state index in [1.165, 1.54) is 0 Å². The summed E-state index contributed by atoms with van der Waals surface area (Å²) in [5, 5.41) is 6.42. The van der Waals surface area contributed by atoms with Gasteiger partial charge in [0.15, 0.2) is 6.61 Å². The van der Waals surface area contributed by atoms with Gasteiger partial charge in [0.1, 0.15) is 5.69 Å². The lowest BCUT2D eigenvalue weighted by Gasteiger charge is -2.02. The number of carbonyl (C=O) groups excluding carboxylic acids is 2. The molecule has 1 amide bonds. The van der Waals surface area contributed by atoms with Crippen LogP contribution in [0.15, 0.2) is 34.9 Å². The summed E-state index contributed by atoms with van der Waals surface area (Å²) in [4.78, 5) is 23.0. The van der Waals surface area contributed by atoms with Crippen molar-refractivity contribution >= 4 is 17.8 Å². The lowest BCUT2D eigenvalue weighted by molar-refractivity contribution is -0.148. The van der Waals surface area contributed by atoms with Gasteiger partial charge >= 0.3 is 5.97 Å². The molecule has 1 N–H and O–H groups in total. The van der Waals surface area contributed by atoms with Gasteiger partial charge in [0.2, 0.25) is 5.88 Å². The van der Waals surface area contributed by atoms with Gasteiger partial charge < -0.3 is 9.26 Å². The van der Waals surface area contributed by atoms with Crippen molar-refractivity contribution in [3.05, 3.63) is 35.9 Å². The van der Waals surface area contributed by atoms with Crippen LogP contribution in [-0.4, -0.2) is 23.6 Å². The van der Waals surface area contributed by atoms with Crippen molar-refractivity contribution < 1.29 is 18.8 Å². The number of amides is 1. The van der Waals surface area contributed by atoms with Crippen molar-refractivity contribution in [2.45, 2.75) is 19.8 Å². The molecule has 0 saturated heterocycles. The molecule has 114 valence electrons. The molecule has 22 heavy (non-hydrogen) atoms. The fraction of sp³-hybridized carbons (Fsp3) is 0.312. The number of carbonyl (C=O) groups is 2. The van der Waals surface area contributed by atoms with Crippen LogP contribution in [0.1, 0.15) is 18.4 Å². The molecule has 1 aromatic heterocycles. The second-order valence-corrected chi connectivity index (χ2v) is 5.37. The highest BCUT2D eigenvalue weighted by molar-refractivity contribution is 5.92. The normalized spacial score (nSPS) is 13.7. The number of nitrogens with zero attached hydrogens (tertiary/aromatic N) is 1. The summed E-state index contributed by atoms with van der Waals surface area (Å²) in [6.07, 6.45) is 1.70. The zero-order chi connectivity index (χ0) is 15.5. The fourth-order valence-electron chi connectivity index (χ4n) is 1.94. The van der Waals surface area contributed by atoms with E-state index in [1.54, 1.807) is 6.07 Å². The molecule has 3 rings (SSSR count). The number of esters is 1. The van der Waals surface area contributed by atoms with E-state index in [0.29, 0.717) is 5.69 Å². The summed E-state index contributed by atoms with van der Waals surface area (Å²) in [6, 6.07) is 9.43. The molecule has 0 aliphatic heterocycles. The minimum Gasteiger partial charge on any atom is -0.455 e. The molecule has 0 radical (unpaired) electrons. The highest BCUT2D eigenvalue weighted by atomic mass is 16.5. The molecule has 1 aliphatic rings. The summed E-state index contributed by atoms with van der Waals surface area (Å²) in [7, 11) is 0. The Hall–Kier alpha value is -2.63. The minimum atomic E-state index is -0.444. The van der Waals surface area contributed by atoms with Gasteiger partial charge in [-0.05, 0) is 19.8 Å². The number of nitrogens with one attached hydrogen (secondary N) is 1. The largest absolute Gasteiger partial charge is 0.455 e. The lowest BCUT2D eigenvalue weighted by atomic mass is 10.1. The predicted octanol–water partition coefficient (Wildman–Crippen LogP) is 2.54. The van der Waals surface area contributed by atoms with Crippen molar-refractivity contribution in [1.29, 1.82) is 0 Å². The van der Waals surface area contributed by atoms with Crippen molar-refractivity contribution in [3.63, 3.8) is 0 Å². The zero-order valence-electron chi connectivity index (χ0n) is 12.2. The van der Waals surface area contributed by atoms with Crippen molar-refractivity contribution in [2.24, 2.45) is 5.92 Å². The predicted molar refractivity (Wildman–Crippen MR) is 79.0 cm³/mol. The van der Waals surface area contributed by atoms with Gasteiger partial charge in [-0.1, -0.05) is 35.0 Å². The Morgan fingerprint density at radius 1 is 1.32 bits per heavy atom. The number of benzene rings is 1. The van der Waals surface area contributed by atoms with Gasteiger partial charge in [0, 0.05) is 11.6 Å². The van der Waals surface area contributed by atoms with Crippen LogP contribution in [0.25, 0.3) is 11.3 Å². The van der Waals surface area contributed by atoms with Gasteiger partial charge in [-0.15, -0.1) is 0 Å². The fourth-order valence-corrected chi connectivity index (χ4v) is 1.94. The molecular weight excluding hydrogens is 284 g/mol. The second-order valence-electron chi connectivity index (χ2n) is 5.37. The number of ether oxygens (including phenoxy) is 1. The van der Waals surface area contributed by atoms with Gasteiger partial charge in [-0.2, -0.15) is 0 Å². The van der Waals surface area contributed by atoms with Crippen LogP contribution in [0.5, 0.6) is 0 Å². The third kappa shape index (κ3) is 3.52. The molecule has 6 heteroatoms. The Morgan fingerprint density at radius 2 is 2.05 bits per heavy atom. The van der Waals surface area contributed by atoms with Crippen LogP contribution in [0.3, 0.4) is 0 Å². The number of aromatic nitrogens is 1. The molecule has 1 saturated carbocycles. The molecule has 0 spiro atoms. The number of hydrogen-bond acceptors (Lipinski definition) is 5. The number of anilines is 1. The third-order valence-corrected chi connectivity index (χ3v) is 3.38. The summed E-state index contributed by atoms with van der Waals surface area (Å²) >= 11 is 0. The topological polar surface area (TPSA) is 81.4 Å². The molecule has 0 atom stereocenters. The average Bonchev–Trinajstić information content (AvgIpc) is 3.26. The minimum absolute atomic E-state index is 0.0220. The Labute approximate surface area is 127 Å². The maximum absolute atomic E-state index is 11.7. The second kappa shape index (κ2) is 6.01. The first-order valence-electron chi connectivity index (χ1n) is 7.12. The monoisotopic (exact) mass is 300 g/mol. The van der Waals surface area contributed by atoms with Crippen molar-refractivity contribution in [1.82, 2.24) is 5.16 Å². The van der Waals surface area contributed by atoms with Crippen LogP contribution in [-0.2, 0) is 14.3 Å². The molecule has 1 aliphatic carbocycles. The molecule has 1 heterocycles. The molecule has 0 bridgehead atoms. The van der Waals surface area contributed by atoms with E-state index in [1.807, 2.05) is 31.2 Å². The summed E-state index contributed by atoms with van der Waals surface area (Å²) in [5.41, 5.74) is 2.68. The number of aryl methyl sites for hydroxylation is 1. The molecular formula is C16H16N2O4. The van der Waals surface area contributed by atoms with E-state index in [9.17, 15) is 9.59 Å². The van der Waals surface area contributed by atoms with E-state index in [0.717, 1.165) is 24.0 Å². The van der Waals surface area contributed by atoms with Gasteiger partial charge in [-0.3, -0.25) is 14.9 Å². The van der Waals surface area contributed by atoms with E-state index in [-0.39, 0.29) is 24.4 Å². The van der Waals surface area contributed by atoms with Crippen LogP contribution in [0.4, 0.5) is 5.88 Å². The molecule has 2 aromatic rings. The maximum Gasteiger partial charge on any atom is 0.309 e. The Balaban J connectivity index is 1.55. The summed E-state index contributed by atoms with van der Waals surface area (Å²) < 4.78 is 9.96. The average molecular weight is 300 g/mol. The number of hydrogen-bond donors (Lipinski definition) is 1. The molecule has 6 nitrogen and oxygen atoms in total. The number of rotatable bonds is 5. The zero-order valence-corrected chi connectivity index (χ0v) is 12.2. The maximum atomic E-state index is 11.7. The van der Waals surface area contributed by atoms with E-state index in [2.05, 4.69) is 10.5 Å². The van der Waals surface area contributed by atoms with Crippen LogP contribution in [0.2, 0.25) is 0 Å². The first kappa shape index (κ1) is 14.3. The van der Waals surface area contributed by atoms with Gasteiger partial charge in [0.25, 0.3) is 5.91 Å². The highest BCUT2D eigenvalue weighted by Gasteiger charge is 2.31. The van der Waals surface area contributed by atoms with Gasteiger partial charge in [-0.25, -0.2) is 0 Å². The SMILES string of the molecule is Cc1ccc(-c2cc(NC(=O)COC(=O)C3CC3)on2)cc1. The van der Waals surface area contributed by atoms with Gasteiger partial charge in [0.05, 0.1) is 5.92 Å². The van der Waals surface area contributed by atoms with Crippen molar-refractivity contribution in [2.75, 3.05) is 11.9 Å². The molecule has 0 unspecified atom stereocenters. The van der Waals surface area contributed by atoms with Crippen LogP contribution in [0, 0.1) is 12.8 Å². The summed E-state index contributed by atoms with van der Waals surface area (Å²) in [6.45, 7) is 1.69. The molecule has 1 aromatic carbocycles. The third-order valence-electron chi connectivity index (χ3n) is 3.38. The Morgan fingerprint density at radius 3 is 2.73 bits per heavy atom. The highest BCUT2D eigenvalue weighted by Crippen LogP contribution is 2.30. The quantitative estimate of drug-likeness (QED) is 0.858. The first-order chi connectivity index (χ1) is 10.6. The van der Waals surface area contributed by atoms with E-state index >= 15 is 0 Å². The standard InChI is InChI=1S/C16H16N2O4/c1-10-2-4-11(5-3-10)13-8-15(22-18-13)17-14(19)9-21-16(20)12-6-7-12/h2-5,8,12H,6-7,9H2,1H3,(H,17,19). The van der Waals surface area contributed by atoms with Crippen LogP contribution < -0.4 is 5.32 Å². The molecule has 1 fully saturated rings. The first-order valence-corrected chi connectivity index (χ1v) is 7.12. The van der Waals surface area contributed by atoms with Crippen LogP contribution >= 0.6 is 0 Å². The lowest BCUT2D eigenvalue weighted by Crippen LogP contribution is -2.21. The Bertz CT molecular complexity index is 686. The van der Waals surface area contributed by atoms with E-state index < -0.39 is 5.91 Å². The smallest absolute Gasteiger partial charge is 0.309 e. The Kier molecular flexibility index (Phi) is 3.91. The summed E-state index contributed by atoms with van der Waals surface area (Å²) in [5.74, 6) is -0.553. The van der Waals surface area contributed by atoms with E-state index in [4.69, 9.17) is 9.26 Å². The van der Waals surface area contributed by atoms with Crippen molar-refractivity contribution in [3.8, 4) is 11.3 Å².